The molecule has 8 heteroatoms. The van der Waals surface area contributed by atoms with Crippen LogP contribution in [-0.2, 0) is 14.4 Å². The molecule has 0 bridgehead atoms. The van der Waals surface area contributed by atoms with Gasteiger partial charge in [-0.05, 0) is 49.2 Å². The molecule has 2 amide bonds. The summed E-state index contributed by atoms with van der Waals surface area (Å²) in [6, 6.07) is 15.7. The number of nitrogens with zero attached hydrogens (tertiary/aromatic N) is 1. The second kappa shape index (κ2) is 11.7. The van der Waals surface area contributed by atoms with E-state index in [1.165, 1.54) is 4.90 Å². The number of nitrogens with one attached hydrogen (secondary N) is 1. The van der Waals surface area contributed by atoms with Gasteiger partial charge in [0.2, 0.25) is 0 Å². The normalized spacial score (nSPS) is 13.3. The van der Waals surface area contributed by atoms with Gasteiger partial charge < -0.3 is 25.2 Å². The third kappa shape index (κ3) is 6.83. The molecule has 0 spiro atoms. The second-order valence-electron chi connectivity index (χ2n) is 7.79. The maximum atomic E-state index is 12.7. The number of hydrogen-bond acceptors (Lipinski definition) is 5. The molecule has 0 atom stereocenters. The molecular formula is C25H28N2O6. The number of carbonyl (C=O) groups is 3. The fraction of sp³-hybridized carbons (Fsp3) is 0.320. The minimum Gasteiger partial charge on any atom is -0.509 e. The number of carboxylic acid groups (broad SMARTS) is 1. The van der Waals surface area contributed by atoms with Gasteiger partial charge in [-0.25, -0.2) is 0 Å². The largest absolute Gasteiger partial charge is 0.509 e. The Balaban J connectivity index is 1.43. The summed E-state index contributed by atoms with van der Waals surface area (Å²) < 4.78 is 5.69. The van der Waals surface area contributed by atoms with E-state index in [2.05, 4.69) is 5.32 Å². The van der Waals surface area contributed by atoms with Gasteiger partial charge in [-0.2, -0.15) is 0 Å². The van der Waals surface area contributed by atoms with Gasteiger partial charge in [-0.1, -0.05) is 37.5 Å². The van der Waals surface area contributed by atoms with Crippen LogP contribution in [-0.4, -0.2) is 41.1 Å². The van der Waals surface area contributed by atoms with Gasteiger partial charge in [-0.15, -0.1) is 0 Å². The number of unbranched alkanes of at least 4 members (excludes halogenated alkanes) is 4. The zero-order valence-corrected chi connectivity index (χ0v) is 18.3. The summed E-state index contributed by atoms with van der Waals surface area (Å²) in [7, 11) is 0. The molecule has 0 unspecified atom stereocenters. The lowest BCUT2D eigenvalue weighted by Gasteiger charge is -2.16. The fourth-order valence-electron chi connectivity index (χ4n) is 3.53. The first kappa shape index (κ1) is 23.8. The number of para-hydroxylation sites is 1. The summed E-state index contributed by atoms with van der Waals surface area (Å²) >= 11 is 0. The van der Waals surface area contributed by atoms with Crippen molar-refractivity contribution < 1.29 is 29.3 Å². The molecular weight excluding hydrogens is 424 g/mol. The summed E-state index contributed by atoms with van der Waals surface area (Å²) in [4.78, 5) is 37.1. The highest BCUT2D eigenvalue weighted by Gasteiger charge is 2.35. The minimum atomic E-state index is -0.754. The van der Waals surface area contributed by atoms with Gasteiger partial charge in [0.15, 0.2) is 0 Å². The molecule has 0 aliphatic carbocycles. The number of hydrogen-bond donors (Lipinski definition) is 3. The van der Waals surface area contributed by atoms with E-state index in [9.17, 15) is 19.5 Å². The van der Waals surface area contributed by atoms with E-state index in [1.54, 1.807) is 48.5 Å². The van der Waals surface area contributed by atoms with Crippen LogP contribution in [0.1, 0.15) is 38.5 Å². The molecule has 0 saturated heterocycles. The number of ether oxygens (including phenoxy) is 1. The van der Waals surface area contributed by atoms with Crippen LogP contribution in [0.3, 0.4) is 0 Å². The molecule has 174 valence electrons. The van der Waals surface area contributed by atoms with Crippen molar-refractivity contribution in [1.29, 1.82) is 0 Å². The molecule has 33 heavy (non-hydrogen) atoms. The monoisotopic (exact) mass is 452 g/mol. The average molecular weight is 453 g/mol. The molecule has 2 aromatic rings. The lowest BCUT2D eigenvalue weighted by atomic mass is 10.1. The molecule has 0 fully saturated rings. The van der Waals surface area contributed by atoms with Crippen LogP contribution in [0.15, 0.2) is 65.9 Å². The van der Waals surface area contributed by atoms with E-state index < -0.39 is 17.8 Å². The van der Waals surface area contributed by atoms with E-state index in [4.69, 9.17) is 9.84 Å². The van der Waals surface area contributed by atoms with Crippen LogP contribution in [0, 0.1) is 0 Å². The van der Waals surface area contributed by atoms with Crippen LogP contribution in [0.5, 0.6) is 5.75 Å². The molecule has 0 saturated carbocycles. The Hall–Kier alpha value is -3.81. The van der Waals surface area contributed by atoms with E-state index >= 15 is 0 Å². The van der Waals surface area contributed by atoms with Crippen molar-refractivity contribution in [2.45, 2.75) is 38.5 Å². The number of amides is 2. The number of anilines is 2. The van der Waals surface area contributed by atoms with Gasteiger partial charge in [0.1, 0.15) is 17.1 Å². The van der Waals surface area contributed by atoms with E-state index in [0.717, 1.165) is 25.7 Å². The summed E-state index contributed by atoms with van der Waals surface area (Å²) in [5.41, 5.74) is 0.832. The topological polar surface area (TPSA) is 116 Å². The molecule has 3 N–H and O–H groups in total. The predicted molar refractivity (Wildman–Crippen MR) is 124 cm³/mol. The number of carboxylic acids is 1. The van der Waals surface area contributed by atoms with Gasteiger partial charge >= 0.3 is 5.97 Å². The van der Waals surface area contributed by atoms with Crippen molar-refractivity contribution >= 4 is 29.2 Å². The van der Waals surface area contributed by atoms with Crippen molar-refractivity contribution in [3.8, 4) is 5.75 Å². The average Bonchev–Trinajstić information content (AvgIpc) is 3.11. The minimum absolute atomic E-state index is 0.0437. The number of aliphatic hydroxyl groups is 1. The maximum Gasteiger partial charge on any atom is 0.303 e. The smallest absolute Gasteiger partial charge is 0.303 e. The van der Waals surface area contributed by atoms with Crippen molar-refractivity contribution in [2.75, 3.05) is 23.4 Å². The number of aliphatic carboxylic acids is 1. The second-order valence-corrected chi connectivity index (χ2v) is 7.79. The standard InChI is InChI=1S/C25H28N2O6/c28-21-17-27(19-9-5-4-6-10-19)25(32)23(21)24(31)26-18-12-14-20(15-13-18)33-16-8-3-1-2-7-11-22(29)30/h4-6,9-10,12-15,28H,1-3,7-8,11,16-17H2,(H,26,31)(H,29,30). The Morgan fingerprint density at radius 2 is 1.61 bits per heavy atom. The van der Waals surface area contributed by atoms with Gasteiger partial charge in [0.25, 0.3) is 11.8 Å². The predicted octanol–water partition coefficient (Wildman–Crippen LogP) is 4.29. The van der Waals surface area contributed by atoms with E-state index in [1.807, 2.05) is 6.07 Å². The number of carbonyl (C=O) groups excluding carboxylic acids is 2. The quantitative estimate of drug-likeness (QED) is 0.327. The van der Waals surface area contributed by atoms with Crippen molar-refractivity contribution in [2.24, 2.45) is 0 Å². The Labute approximate surface area is 192 Å². The molecule has 1 heterocycles. The highest BCUT2D eigenvalue weighted by Crippen LogP contribution is 2.25. The number of rotatable bonds is 12. The zero-order valence-electron chi connectivity index (χ0n) is 18.3. The lowest BCUT2D eigenvalue weighted by molar-refractivity contribution is -0.137. The third-order valence-electron chi connectivity index (χ3n) is 5.27. The van der Waals surface area contributed by atoms with Crippen LogP contribution in [0.4, 0.5) is 11.4 Å². The summed E-state index contributed by atoms with van der Waals surface area (Å²) in [5, 5.41) is 21.5. The van der Waals surface area contributed by atoms with Gasteiger partial charge in [0, 0.05) is 17.8 Å². The SMILES string of the molecule is O=C(O)CCCCCCCOc1ccc(NC(=O)C2=C(O)CN(c3ccccc3)C2=O)cc1. The van der Waals surface area contributed by atoms with Gasteiger partial charge in [-0.3, -0.25) is 14.4 Å². The lowest BCUT2D eigenvalue weighted by Crippen LogP contribution is -2.30. The Kier molecular flexibility index (Phi) is 8.46. The number of aliphatic hydroxyl groups excluding tert-OH is 1. The van der Waals surface area contributed by atoms with E-state index in [0.29, 0.717) is 30.2 Å². The van der Waals surface area contributed by atoms with Crippen molar-refractivity contribution in [3.05, 3.63) is 65.9 Å². The van der Waals surface area contributed by atoms with Crippen LogP contribution >= 0.6 is 0 Å². The molecule has 2 aromatic carbocycles. The Bertz CT molecular complexity index is 1000. The van der Waals surface area contributed by atoms with Crippen LogP contribution < -0.4 is 15.0 Å². The first-order chi connectivity index (χ1) is 16.0. The van der Waals surface area contributed by atoms with Gasteiger partial charge in [0.05, 0.1) is 13.2 Å². The number of benzene rings is 2. The molecule has 1 aliphatic heterocycles. The highest BCUT2D eigenvalue weighted by molar-refractivity contribution is 6.29. The van der Waals surface area contributed by atoms with Crippen molar-refractivity contribution in [1.82, 2.24) is 0 Å². The molecule has 0 radical (unpaired) electrons. The van der Waals surface area contributed by atoms with Crippen LogP contribution in [0.25, 0.3) is 0 Å². The van der Waals surface area contributed by atoms with Crippen molar-refractivity contribution in [3.63, 3.8) is 0 Å². The first-order valence-corrected chi connectivity index (χ1v) is 11.0. The molecule has 1 aliphatic rings. The summed E-state index contributed by atoms with van der Waals surface area (Å²) in [5.74, 6) is -1.56. The maximum absolute atomic E-state index is 12.7. The van der Waals surface area contributed by atoms with E-state index in [-0.39, 0.29) is 24.3 Å². The Morgan fingerprint density at radius 3 is 2.30 bits per heavy atom. The highest BCUT2D eigenvalue weighted by atomic mass is 16.5. The first-order valence-electron chi connectivity index (χ1n) is 11.0. The Morgan fingerprint density at radius 1 is 0.939 bits per heavy atom. The zero-order chi connectivity index (χ0) is 23.6. The summed E-state index contributed by atoms with van der Waals surface area (Å²) in [6.07, 6.45) is 4.64. The molecule has 0 aromatic heterocycles. The summed E-state index contributed by atoms with van der Waals surface area (Å²) in [6.45, 7) is 0.507. The fourth-order valence-corrected chi connectivity index (χ4v) is 3.53. The molecule has 3 rings (SSSR count). The third-order valence-corrected chi connectivity index (χ3v) is 5.27. The molecule has 8 nitrogen and oxygen atoms in total. The van der Waals surface area contributed by atoms with Crippen LogP contribution in [0.2, 0.25) is 0 Å².